The first-order valence-electron chi connectivity index (χ1n) is 6.31. The summed E-state index contributed by atoms with van der Waals surface area (Å²) in [4.78, 5) is 16.2. The molecule has 0 aliphatic rings. The summed E-state index contributed by atoms with van der Waals surface area (Å²) < 4.78 is 0. The van der Waals surface area contributed by atoms with Gasteiger partial charge in [-0.05, 0) is 30.7 Å². The Balaban J connectivity index is 2.09. The molecule has 0 saturated carbocycles. The largest absolute Gasteiger partial charge is 0.373 e. The van der Waals surface area contributed by atoms with Crippen molar-refractivity contribution in [2.45, 2.75) is 13.0 Å². The van der Waals surface area contributed by atoms with Crippen molar-refractivity contribution in [2.75, 3.05) is 12.4 Å². The summed E-state index contributed by atoms with van der Waals surface area (Å²) in [5.74, 6) is 0.549. The highest BCUT2D eigenvalue weighted by Gasteiger charge is 2.13. The SMILES string of the molecule is CNc1ccc(C(=O)NC(C)c2ccccc2Cl)cn1. The van der Waals surface area contributed by atoms with Crippen molar-refractivity contribution in [1.82, 2.24) is 10.3 Å². The lowest BCUT2D eigenvalue weighted by atomic mass is 10.1. The fraction of sp³-hybridized carbons (Fsp3) is 0.200. The summed E-state index contributed by atoms with van der Waals surface area (Å²) in [5, 5.41) is 6.46. The van der Waals surface area contributed by atoms with Gasteiger partial charge in [0.25, 0.3) is 5.91 Å². The molecule has 2 rings (SSSR count). The molecule has 104 valence electrons. The summed E-state index contributed by atoms with van der Waals surface area (Å²) in [6, 6.07) is 10.8. The Bertz CT molecular complexity index is 598. The number of amides is 1. The second-order valence-corrected chi connectivity index (χ2v) is 4.81. The third-order valence-electron chi connectivity index (χ3n) is 3.00. The molecular formula is C15H16ClN3O. The Labute approximate surface area is 123 Å². The van der Waals surface area contributed by atoms with Gasteiger partial charge in [0.05, 0.1) is 11.6 Å². The zero-order valence-electron chi connectivity index (χ0n) is 11.4. The molecule has 1 heterocycles. The van der Waals surface area contributed by atoms with E-state index in [1.807, 2.05) is 31.2 Å². The minimum absolute atomic E-state index is 0.167. The maximum Gasteiger partial charge on any atom is 0.253 e. The quantitative estimate of drug-likeness (QED) is 0.908. The first-order valence-corrected chi connectivity index (χ1v) is 6.68. The van der Waals surface area contributed by atoms with Gasteiger partial charge in [-0.1, -0.05) is 29.8 Å². The van der Waals surface area contributed by atoms with Crippen molar-refractivity contribution in [2.24, 2.45) is 0 Å². The molecule has 0 spiro atoms. The Kier molecular flexibility index (Phi) is 4.58. The van der Waals surface area contributed by atoms with Crippen LogP contribution in [0.4, 0.5) is 5.82 Å². The van der Waals surface area contributed by atoms with Gasteiger partial charge in [-0.15, -0.1) is 0 Å². The Morgan fingerprint density at radius 3 is 2.60 bits per heavy atom. The van der Waals surface area contributed by atoms with Crippen LogP contribution < -0.4 is 10.6 Å². The molecule has 1 atom stereocenters. The normalized spacial score (nSPS) is 11.8. The lowest BCUT2D eigenvalue weighted by Crippen LogP contribution is -2.26. The molecule has 1 aromatic heterocycles. The number of nitrogens with zero attached hydrogens (tertiary/aromatic N) is 1. The van der Waals surface area contributed by atoms with Crippen LogP contribution in [-0.2, 0) is 0 Å². The molecule has 0 radical (unpaired) electrons. The van der Waals surface area contributed by atoms with E-state index in [0.717, 1.165) is 11.4 Å². The summed E-state index contributed by atoms with van der Waals surface area (Å²) in [6.07, 6.45) is 1.54. The van der Waals surface area contributed by atoms with Gasteiger partial charge in [-0.25, -0.2) is 4.98 Å². The lowest BCUT2D eigenvalue weighted by molar-refractivity contribution is 0.0939. The zero-order valence-corrected chi connectivity index (χ0v) is 12.1. The van der Waals surface area contributed by atoms with Crippen LogP contribution >= 0.6 is 11.6 Å². The molecule has 20 heavy (non-hydrogen) atoms. The minimum atomic E-state index is -0.174. The second-order valence-electron chi connectivity index (χ2n) is 4.40. The van der Waals surface area contributed by atoms with Crippen LogP contribution in [0, 0.1) is 0 Å². The van der Waals surface area contributed by atoms with Crippen LogP contribution in [-0.4, -0.2) is 17.9 Å². The molecule has 1 unspecified atom stereocenters. The standard InChI is InChI=1S/C15H16ClN3O/c1-10(12-5-3-4-6-13(12)16)19-15(20)11-7-8-14(17-2)18-9-11/h3-10H,1-2H3,(H,17,18)(H,19,20). The Morgan fingerprint density at radius 2 is 2.00 bits per heavy atom. The molecule has 2 N–H and O–H groups in total. The number of rotatable bonds is 4. The number of hydrogen-bond donors (Lipinski definition) is 2. The molecule has 0 aliphatic heterocycles. The zero-order chi connectivity index (χ0) is 14.5. The molecular weight excluding hydrogens is 274 g/mol. The van der Waals surface area contributed by atoms with E-state index in [0.29, 0.717) is 10.6 Å². The minimum Gasteiger partial charge on any atom is -0.373 e. The molecule has 1 aromatic carbocycles. The molecule has 0 bridgehead atoms. The molecule has 5 heteroatoms. The van der Waals surface area contributed by atoms with Crippen molar-refractivity contribution >= 4 is 23.3 Å². The van der Waals surface area contributed by atoms with Crippen molar-refractivity contribution in [3.8, 4) is 0 Å². The van der Waals surface area contributed by atoms with Crippen molar-refractivity contribution < 1.29 is 4.79 Å². The molecule has 0 fully saturated rings. The Morgan fingerprint density at radius 1 is 1.25 bits per heavy atom. The Hall–Kier alpha value is -2.07. The van der Waals surface area contributed by atoms with Crippen molar-refractivity contribution in [1.29, 1.82) is 0 Å². The fourth-order valence-electron chi connectivity index (χ4n) is 1.86. The predicted molar refractivity (Wildman–Crippen MR) is 81.1 cm³/mol. The van der Waals surface area contributed by atoms with E-state index in [2.05, 4.69) is 15.6 Å². The van der Waals surface area contributed by atoms with Gasteiger partial charge < -0.3 is 10.6 Å². The average Bonchev–Trinajstić information content (AvgIpc) is 2.47. The van der Waals surface area contributed by atoms with E-state index in [9.17, 15) is 4.79 Å². The highest BCUT2D eigenvalue weighted by molar-refractivity contribution is 6.31. The number of aromatic nitrogens is 1. The van der Waals surface area contributed by atoms with E-state index in [-0.39, 0.29) is 11.9 Å². The van der Waals surface area contributed by atoms with Crippen LogP contribution in [0.15, 0.2) is 42.6 Å². The lowest BCUT2D eigenvalue weighted by Gasteiger charge is -2.15. The fourth-order valence-corrected chi connectivity index (χ4v) is 2.16. The van der Waals surface area contributed by atoms with Crippen LogP contribution in [0.25, 0.3) is 0 Å². The van der Waals surface area contributed by atoms with Gasteiger partial charge in [-0.2, -0.15) is 0 Å². The molecule has 4 nitrogen and oxygen atoms in total. The number of benzene rings is 1. The van der Waals surface area contributed by atoms with Crippen LogP contribution in [0.5, 0.6) is 0 Å². The topological polar surface area (TPSA) is 54.0 Å². The third-order valence-corrected chi connectivity index (χ3v) is 3.35. The van der Waals surface area contributed by atoms with Gasteiger partial charge in [0, 0.05) is 18.3 Å². The highest BCUT2D eigenvalue weighted by atomic mass is 35.5. The van der Waals surface area contributed by atoms with Gasteiger partial charge >= 0.3 is 0 Å². The monoisotopic (exact) mass is 289 g/mol. The average molecular weight is 290 g/mol. The number of halogens is 1. The van der Waals surface area contributed by atoms with Gasteiger partial charge in [0.15, 0.2) is 0 Å². The van der Waals surface area contributed by atoms with Crippen LogP contribution in [0.1, 0.15) is 28.9 Å². The molecule has 1 amide bonds. The first kappa shape index (κ1) is 14.3. The number of hydrogen-bond acceptors (Lipinski definition) is 3. The van der Waals surface area contributed by atoms with Crippen LogP contribution in [0.2, 0.25) is 5.02 Å². The smallest absolute Gasteiger partial charge is 0.253 e. The number of anilines is 1. The molecule has 2 aromatic rings. The summed E-state index contributed by atoms with van der Waals surface area (Å²) in [6.45, 7) is 1.90. The summed E-state index contributed by atoms with van der Waals surface area (Å²) >= 11 is 6.12. The molecule has 0 aliphatic carbocycles. The van der Waals surface area contributed by atoms with E-state index in [1.165, 1.54) is 0 Å². The van der Waals surface area contributed by atoms with Crippen molar-refractivity contribution in [3.05, 3.63) is 58.7 Å². The van der Waals surface area contributed by atoms with Gasteiger partial charge in [-0.3, -0.25) is 4.79 Å². The molecule has 0 saturated heterocycles. The van der Waals surface area contributed by atoms with E-state index >= 15 is 0 Å². The highest BCUT2D eigenvalue weighted by Crippen LogP contribution is 2.22. The summed E-state index contributed by atoms with van der Waals surface area (Å²) in [5.41, 5.74) is 1.41. The summed E-state index contributed by atoms with van der Waals surface area (Å²) in [7, 11) is 1.78. The van der Waals surface area contributed by atoms with E-state index in [1.54, 1.807) is 25.4 Å². The number of nitrogens with one attached hydrogen (secondary N) is 2. The van der Waals surface area contributed by atoms with E-state index in [4.69, 9.17) is 11.6 Å². The maximum absolute atomic E-state index is 12.1. The first-order chi connectivity index (χ1) is 9.61. The maximum atomic E-state index is 12.1. The van der Waals surface area contributed by atoms with Crippen LogP contribution in [0.3, 0.4) is 0 Å². The second kappa shape index (κ2) is 6.39. The van der Waals surface area contributed by atoms with E-state index < -0.39 is 0 Å². The number of carbonyl (C=O) groups is 1. The van der Waals surface area contributed by atoms with Crippen molar-refractivity contribution in [3.63, 3.8) is 0 Å². The number of pyridine rings is 1. The third kappa shape index (κ3) is 3.27. The predicted octanol–water partition coefficient (Wildman–Crippen LogP) is 3.27. The van der Waals surface area contributed by atoms with Gasteiger partial charge in [0.2, 0.25) is 0 Å². The number of carbonyl (C=O) groups excluding carboxylic acids is 1. The van der Waals surface area contributed by atoms with Gasteiger partial charge in [0.1, 0.15) is 5.82 Å².